The molecule has 0 aromatic carbocycles. The largest absolute Gasteiger partial charge is 0.391 e. The number of β-amino-alcohol motifs (C(OH)–C–C–N with tert-alkyl or cyclic N) is 1. The van der Waals surface area contributed by atoms with E-state index in [1.165, 1.54) is 10.4 Å². The van der Waals surface area contributed by atoms with Gasteiger partial charge in [-0.05, 0) is 36.3 Å². The molecule has 22 heavy (non-hydrogen) atoms. The van der Waals surface area contributed by atoms with E-state index in [1.54, 1.807) is 16.2 Å². The predicted octanol–water partition coefficient (Wildman–Crippen LogP) is 1.40. The van der Waals surface area contributed by atoms with Crippen LogP contribution in [0, 0.1) is 0 Å². The average molecular weight is 322 g/mol. The Morgan fingerprint density at radius 2 is 2.00 bits per heavy atom. The van der Waals surface area contributed by atoms with Crippen LogP contribution in [-0.4, -0.2) is 52.5 Å². The number of aliphatic hydroxyl groups excluding tert-OH is 1. The number of hydrogen-bond donors (Lipinski definition) is 1. The highest BCUT2D eigenvalue weighted by Gasteiger charge is 2.25. The molecule has 1 atom stereocenters. The molecule has 2 aliphatic heterocycles. The third-order valence-electron chi connectivity index (χ3n) is 4.46. The van der Waals surface area contributed by atoms with E-state index in [0.29, 0.717) is 19.6 Å². The number of carbonyl (C=O) groups is 2. The molecular formula is C16H22N2O3S. The molecule has 3 rings (SSSR count). The van der Waals surface area contributed by atoms with Crippen LogP contribution < -0.4 is 0 Å². The summed E-state index contributed by atoms with van der Waals surface area (Å²) < 4.78 is 0. The minimum Gasteiger partial charge on any atom is -0.391 e. The molecule has 1 aromatic heterocycles. The van der Waals surface area contributed by atoms with Gasteiger partial charge in [0.2, 0.25) is 11.8 Å². The summed E-state index contributed by atoms with van der Waals surface area (Å²) in [5, 5.41) is 11.7. The van der Waals surface area contributed by atoms with Crippen LogP contribution in [0.4, 0.5) is 0 Å². The summed E-state index contributed by atoms with van der Waals surface area (Å²) in [6.45, 7) is 2.54. The van der Waals surface area contributed by atoms with Gasteiger partial charge in [-0.3, -0.25) is 9.59 Å². The maximum Gasteiger partial charge on any atom is 0.223 e. The summed E-state index contributed by atoms with van der Waals surface area (Å²) in [7, 11) is 0. The Labute approximate surface area is 134 Å². The first-order valence-corrected chi connectivity index (χ1v) is 8.80. The molecule has 0 bridgehead atoms. The SMILES string of the molecule is O=C(CCC(=O)N1CCCC(O)C1)N1CCc2sccc2C1. The zero-order valence-electron chi connectivity index (χ0n) is 12.7. The van der Waals surface area contributed by atoms with Gasteiger partial charge < -0.3 is 14.9 Å². The van der Waals surface area contributed by atoms with Crippen molar-refractivity contribution in [3.05, 3.63) is 21.9 Å². The van der Waals surface area contributed by atoms with Crippen molar-refractivity contribution in [2.75, 3.05) is 19.6 Å². The Morgan fingerprint density at radius 1 is 1.23 bits per heavy atom. The molecule has 0 radical (unpaired) electrons. The number of rotatable bonds is 3. The lowest BCUT2D eigenvalue weighted by Crippen LogP contribution is -2.42. The standard InChI is InChI=1S/C16H22N2O3S/c19-13-2-1-7-17(11-13)15(20)3-4-16(21)18-8-5-14-12(10-18)6-9-22-14/h6,9,13,19H,1-5,7-8,10-11H2. The lowest BCUT2D eigenvalue weighted by atomic mass is 10.1. The minimum atomic E-state index is -0.410. The van der Waals surface area contributed by atoms with Crippen molar-refractivity contribution in [1.29, 1.82) is 0 Å². The highest BCUT2D eigenvalue weighted by molar-refractivity contribution is 7.10. The third kappa shape index (κ3) is 3.50. The maximum atomic E-state index is 12.3. The van der Waals surface area contributed by atoms with E-state index in [0.717, 1.165) is 25.8 Å². The molecule has 0 saturated carbocycles. The molecule has 1 unspecified atom stereocenters. The van der Waals surface area contributed by atoms with E-state index in [-0.39, 0.29) is 24.7 Å². The van der Waals surface area contributed by atoms with Crippen molar-refractivity contribution in [2.45, 2.75) is 44.8 Å². The summed E-state index contributed by atoms with van der Waals surface area (Å²) in [6, 6.07) is 2.08. The second kappa shape index (κ2) is 6.79. The Morgan fingerprint density at radius 3 is 2.77 bits per heavy atom. The number of carbonyl (C=O) groups excluding carboxylic acids is 2. The van der Waals surface area contributed by atoms with Crippen LogP contribution in [0.25, 0.3) is 0 Å². The summed E-state index contributed by atoms with van der Waals surface area (Å²) in [6.07, 6.45) is 2.63. The van der Waals surface area contributed by atoms with Crippen molar-refractivity contribution in [2.24, 2.45) is 0 Å². The summed E-state index contributed by atoms with van der Waals surface area (Å²) in [5.74, 6) is 0.0445. The second-order valence-corrected chi connectivity index (χ2v) is 7.07. The summed E-state index contributed by atoms with van der Waals surface area (Å²) in [5.41, 5.74) is 1.25. The summed E-state index contributed by atoms with van der Waals surface area (Å²) >= 11 is 1.75. The lowest BCUT2D eigenvalue weighted by molar-refractivity contribution is -0.139. The number of fused-ring (bicyclic) bond motifs is 1. The van der Waals surface area contributed by atoms with Crippen molar-refractivity contribution in [1.82, 2.24) is 9.80 Å². The van der Waals surface area contributed by atoms with Gasteiger partial charge in [0, 0.05) is 43.9 Å². The van der Waals surface area contributed by atoms with E-state index in [4.69, 9.17) is 0 Å². The van der Waals surface area contributed by atoms with Crippen molar-refractivity contribution in [3.63, 3.8) is 0 Å². The third-order valence-corrected chi connectivity index (χ3v) is 5.49. The smallest absolute Gasteiger partial charge is 0.223 e. The van der Waals surface area contributed by atoms with Gasteiger partial charge in [0.05, 0.1) is 6.10 Å². The van der Waals surface area contributed by atoms with Crippen molar-refractivity contribution in [3.8, 4) is 0 Å². The normalized spacial score (nSPS) is 21.6. The molecule has 0 aliphatic carbocycles. The van der Waals surface area contributed by atoms with E-state index >= 15 is 0 Å². The van der Waals surface area contributed by atoms with Gasteiger partial charge in [-0.2, -0.15) is 0 Å². The number of nitrogens with zero attached hydrogens (tertiary/aromatic N) is 2. The second-order valence-electron chi connectivity index (χ2n) is 6.07. The first-order valence-electron chi connectivity index (χ1n) is 7.92. The molecule has 2 aliphatic rings. The quantitative estimate of drug-likeness (QED) is 0.915. The predicted molar refractivity (Wildman–Crippen MR) is 84.5 cm³/mol. The molecule has 1 N–H and O–H groups in total. The molecule has 1 aromatic rings. The van der Waals surface area contributed by atoms with Crippen LogP contribution in [0.3, 0.4) is 0 Å². The topological polar surface area (TPSA) is 60.9 Å². The van der Waals surface area contributed by atoms with Crippen LogP contribution in [0.1, 0.15) is 36.1 Å². The fraction of sp³-hybridized carbons (Fsp3) is 0.625. The van der Waals surface area contributed by atoms with Crippen LogP contribution in [0.2, 0.25) is 0 Å². The molecular weight excluding hydrogens is 300 g/mol. The number of aliphatic hydroxyl groups is 1. The van der Waals surface area contributed by atoms with Gasteiger partial charge in [0.15, 0.2) is 0 Å². The fourth-order valence-corrected chi connectivity index (χ4v) is 4.06. The van der Waals surface area contributed by atoms with Crippen LogP contribution in [-0.2, 0) is 22.6 Å². The Kier molecular flexibility index (Phi) is 4.78. The first kappa shape index (κ1) is 15.5. The maximum absolute atomic E-state index is 12.3. The number of hydrogen-bond acceptors (Lipinski definition) is 4. The van der Waals surface area contributed by atoms with Crippen LogP contribution >= 0.6 is 11.3 Å². The van der Waals surface area contributed by atoms with E-state index in [9.17, 15) is 14.7 Å². The molecule has 1 saturated heterocycles. The van der Waals surface area contributed by atoms with Gasteiger partial charge in [-0.25, -0.2) is 0 Å². The molecule has 2 amide bonds. The average Bonchev–Trinajstić information content (AvgIpc) is 2.99. The van der Waals surface area contributed by atoms with Gasteiger partial charge in [0.1, 0.15) is 0 Å². The lowest BCUT2D eigenvalue weighted by Gasteiger charge is -2.31. The summed E-state index contributed by atoms with van der Waals surface area (Å²) in [4.78, 5) is 29.3. The van der Waals surface area contributed by atoms with Gasteiger partial charge in [-0.1, -0.05) is 0 Å². The fourth-order valence-electron chi connectivity index (χ4n) is 3.17. The van der Waals surface area contributed by atoms with Crippen molar-refractivity contribution >= 4 is 23.2 Å². The molecule has 6 heteroatoms. The monoisotopic (exact) mass is 322 g/mol. The zero-order valence-corrected chi connectivity index (χ0v) is 13.5. The first-order chi connectivity index (χ1) is 10.6. The Hall–Kier alpha value is -1.40. The molecule has 1 fully saturated rings. The number of thiophene rings is 1. The molecule has 5 nitrogen and oxygen atoms in total. The molecule has 120 valence electrons. The van der Waals surface area contributed by atoms with Gasteiger partial charge in [-0.15, -0.1) is 11.3 Å². The minimum absolute atomic E-state index is 0.0136. The van der Waals surface area contributed by atoms with Gasteiger partial charge in [0.25, 0.3) is 0 Å². The van der Waals surface area contributed by atoms with Gasteiger partial charge >= 0.3 is 0 Å². The zero-order chi connectivity index (χ0) is 15.5. The van der Waals surface area contributed by atoms with Crippen LogP contribution in [0.5, 0.6) is 0 Å². The number of amides is 2. The van der Waals surface area contributed by atoms with E-state index in [2.05, 4.69) is 11.4 Å². The Bertz CT molecular complexity index is 557. The Balaban J connectivity index is 1.47. The molecule has 0 spiro atoms. The van der Waals surface area contributed by atoms with Crippen LogP contribution in [0.15, 0.2) is 11.4 Å². The van der Waals surface area contributed by atoms with E-state index in [1.807, 2.05) is 4.90 Å². The highest BCUT2D eigenvalue weighted by Crippen LogP contribution is 2.24. The molecule has 3 heterocycles. The highest BCUT2D eigenvalue weighted by atomic mass is 32.1. The van der Waals surface area contributed by atoms with E-state index < -0.39 is 6.10 Å². The van der Waals surface area contributed by atoms with Crippen molar-refractivity contribution < 1.29 is 14.7 Å². The number of likely N-dealkylation sites (tertiary alicyclic amines) is 1. The number of piperidine rings is 1.